The van der Waals surface area contributed by atoms with E-state index in [0.29, 0.717) is 16.6 Å². The largest absolute Gasteiger partial charge is 0.354 e. The summed E-state index contributed by atoms with van der Waals surface area (Å²) in [7, 11) is -4.18. The summed E-state index contributed by atoms with van der Waals surface area (Å²) >= 11 is 0. The topological polar surface area (TPSA) is 141 Å². The highest BCUT2D eigenvalue weighted by Gasteiger charge is 2.42. The number of hydrogen-bond acceptors (Lipinski definition) is 5. The first-order chi connectivity index (χ1) is 18.9. The summed E-state index contributed by atoms with van der Waals surface area (Å²) in [6.07, 6.45) is 0. The molecule has 2 aromatic heterocycles. The number of hydrogen-bond donors (Lipinski definition) is 1. The number of fused-ring (bicyclic) bond motifs is 2. The number of benzene rings is 3. The lowest BCUT2D eigenvalue weighted by atomic mass is 10.0. The summed E-state index contributed by atoms with van der Waals surface area (Å²) in [5, 5.41) is 4.88. The number of nitrogens with zero attached hydrogens (tertiary/aromatic N) is 5. The number of aromatic amines is 1. The van der Waals surface area contributed by atoms with Crippen molar-refractivity contribution in [2.24, 2.45) is 5.11 Å². The van der Waals surface area contributed by atoms with Crippen LogP contribution in [0.3, 0.4) is 0 Å². The first kappa shape index (κ1) is 24.2. The summed E-state index contributed by atoms with van der Waals surface area (Å²) in [5.74, 6) is -1.28. The molecule has 5 aromatic rings. The monoisotopic (exact) mass is 536 g/mol. The Hall–Kier alpha value is -5.12. The number of imide groups is 1. The van der Waals surface area contributed by atoms with Crippen LogP contribution in [0.15, 0.2) is 101 Å². The highest BCUT2D eigenvalue weighted by molar-refractivity contribution is 7.90. The second kappa shape index (κ2) is 9.32. The van der Waals surface area contributed by atoms with Crippen LogP contribution in [-0.4, -0.2) is 47.2 Å². The van der Waals surface area contributed by atoms with Gasteiger partial charge in [-0.1, -0.05) is 59.7 Å². The number of aromatic nitrogens is 2. The molecule has 0 saturated heterocycles. The molecule has 0 aliphatic carbocycles. The van der Waals surface area contributed by atoms with Gasteiger partial charge in [0.25, 0.3) is 21.8 Å². The van der Waals surface area contributed by atoms with Crippen LogP contribution >= 0.6 is 0 Å². The number of H-pyrrole nitrogens is 1. The fourth-order valence-electron chi connectivity index (χ4n) is 4.92. The zero-order valence-corrected chi connectivity index (χ0v) is 21.2. The van der Waals surface area contributed by atoms with Crippen LogP contribution in [0, 0.1) is 0 Å². The molecule has 0 unspecified atom stereocenters. The van der Waals surface area contributed by atoms with Crippen molar-refractivity contribution in [1.82, 2.24) is 13.9 Å². The van der Waals surface area contributed by atoms with E-state index < -0.39 is 21.8 Å². The molecule has 0 spiro atoms. The lowest BCUT2D eigenvalue weighted by molar-refractivity contribution is -0.135. The minimum Gasteiger partial charge on any atom is -0.354 e. The molecule has 1 aliphatic rings. The molecule has 11 heteroatoms. The van der Waals surface area contributed by atoms with Gasteiger partial charge in [-0.3, -0.25) is 14.5 Å². The molecule has 3 aromatic carbocycles. The molecule has 6 rings (SSSR count). The van der Waals surface area contributed by atoms with Crippen molar-refractivity contribution in [3.8, 4) is 0 Å². The van der Waals surface area contributed by atoms with Gasteiger partial charge in [0.1, 0.15) is 0 Å². The molecule has 39 heavy (non-hydrogen) atoms. The van der Waals surface area contributed by atoms with Crippen LogP contribution in [0.1, 0.15) is 11.4 Å². The summed E-state index contributed by atoms with van der Waals surface area (Å²) in [5.41, 5.74) is 10.3. The zero-order chi connectivity index (χ0) is 27.1. The number of para-hydroxylation sites is 2. The molecule has 0 atom stereocenters. The molecule has 0 fully saturated rings. The van der Waals surface area contributed by atoms with E-state index in [9.17, 15) is 18.0 Å². The average molecular weight is 537 g/mol. The van der Waals surface area contributed by atoms with E-state index in [1.165, 1.54) is 12.1 Å². The van der Waals surface area contributed by atoms with Crippen LogP contribution < -0.4 is 0 Å². The van der Waals surface area contributed by atoms with Crippen LogP contribution in [0.2, 0.25) is 0 Å². The Labute approximate surface area is 222 Å². The SMILES string of the molecule is [N-]=[N+]=NCCN1C(=O)C(c2cc3ccccc3[nH]2)=C(c2cc3ccccc3n2S(=O)(=O)c2ccccc2)C1=O. The molecule has 0 saturated carbocycles. The van der Waals surface area contributed by atoms with Gasteiger partial charge >= 0.3 is 0 Å². The molecule has 3 heterocycles. The molecule has 0 bridgehead atoms. The van der Waals surface area contributed by atoms with Crippen LogP contribution in [-0.2, 0) is 19.6 Å². The van der Waals surface area contributed by atoms with Crippen LogP contribution in [0.25, 0.3) is 43.4 Å². The quantitative estimate of drug-likeness (QED) is 0.136. The number of nitrogens with one attached hydrogen (secondary N) is 1. The van der Waals surface area contributed by atoms with Crippen molar-refractivity contribution in [3.05, 3.63) is 113 Å². The molecule has 1 N–H and O–H groups in total. The van der Waals surface area contributed by atoms with E-state index in [4.69, 9.17) is 5.53 Å². The van der Waals surface area contributed by atoms with Gasteiger partial charge in [-0.2, -0.15) is 0 Å². The molecule has 192 valence electrons. The maximum Gasteiger partial charge on any atom is 0.268 e. The van der Waals surface area contributed by atoms with Crippen molar-refractivity contribution in [1.29, 1.82) is 0 Å². The average Bonchev–Trinajstić information content (AvgIpc) is 3.61. The van der Waals surface area contributed by atoms with Gasteiger partial charge in [-0.25, -0.2) is 12.4 Å². The van der Waals surface area contributed by atoms with E-state index >= 15 is 0 Å². The molecule has 1 aliphatic heterocycles. The van der Waals surface area contributed by atoms with E-state index in [-0.39, 0.29) is 34.8 Å². The third-order valence-electron chi connectivity index (χ3n) is 6.66. The van der Waals surface area contributed by atoms with E-state index in [2.05, 4.69) is 15.0 Å². The second-order valence-electron chi connectivity index (χ2n) is 8.91. The maximum absolute atomic E-state index is 14.0. The smallest absolute Gasteiger partial charge is 0.268 e. The molecule has 2 amide bonds. The number of carbonyl (C=O) groups is 2. The van der Waals surface area contributed by atoms with Gasteiger partial charge in [0, 0.05) is 34.3 Å². The van der Waals surface area contributed by atoms with E-state index in [1.807, 2.05) is 24.3 Å². The maximum atomic E-state index is 14.0. The third kappa shape index (κ3) is 3.88. The number of rotatable bonds is 7. The Balaban J connectivity index is 1.66. The number of azide groups is 1. The highest BCUT2D eigenvalue weighted by atomic mass is 32.2. The first-order valence-electron chi connectivity index (χ1n) is 12.0. The van der Waals surface area contributed by atoms with Crippen LogP contribution in [0.4, 0.5) is 0 Å². The summed E-state index contributed by atoms with van der Waals surface area (Å²) in [6.45, 7) is -0.271. The van der Waals surface area contributed by atoms with E-state index in [1.54, 1.807) is 54.6 Å². The summed E-state index contributed by atoms with van der Waals surface area (Å²) in [6, 6.07) is 25.6. The van der Waals surface area contributed by atoms with Crippen molar-refractivity contribution < 1.29 is 18.0 Å². The summed E-state index contributed by atoms with van der Waals surface area (Å²) in [4.78, 5) is 34.6. The second-order valence-corrected chi connectivity index (χ2v) is 10.7. The molecule has 10 nitrogen and oxygen atoms in total. The first-order valence-corrected chi connectivity index (χ1v) is 13.5. The Bertz CT molecular complexity index is 1950. The van der Waals surface area contributed by atoms with Gasteiger partial charge in [-0.05, 0) is 41.9 Å². The fourth-order valence-corrected chi connectivity index (χ4v) is 6.46. The van der Waals surface area contributed by atoms with Crippen LogP contribution in [0.5, 0.6) is 0 Å². The standard InChI is InChI=1S/C28H20N6O4S/c29-32-30-14-15-33-27(35)25(22-16-18-8-4-6-12-21(18)31-22)26(28(33)36)24-17-19-9-5-7-13-23(19)34(24)39(37,38)20-10-2-1-3-11-20/h1-13,16-17,31H,14-15H2. The minimum absolute atomic E-state index is 0.0392. The lowest BCUT2D eigenvalue weighted by Crippen LogP contribution is -2.34. The van der Waals surface area contributed by atoms with Crippen molar-refractivity contribution in [2.75, 3.05) is 13.1 Å². The van der Waals surface area contributed by atoms with E-state index in [0.717, 1.165) is 19.8 Å². The normalized spacial score (nSPS) is 14.0. The predicted octanol–water partition coefficient (Wildman–Crippen LogP) is 4.95. The van der Waals surface area contributed by atoms with Crippen molar-refractivity contribution in [3.63, 3.8) is 0 Å². The van der Waals surface area contributed by atoms with Crippen molar-refractivity contribution >= 4 is 54.8 Å². The number of amides is 2. The van der Waals surface area contributed by atoms with Gasteiger partial charge in [0.05, 0.1) is 32.9 Å². The van der Waals surface area contributed by atoms with Gasteiger partial charge in [-0.15, -0.1) is 0 Å². The molecule has 0 radical (unpaired) electrons. The highest BCUT2D eigenvalue weighted by Crippen LogP contribution is 2.39. The molecular formula is C28H20N6O4S. The Kier molecular flexibility index (Phi) is 5.79. The zero-order valence-electron chi connectivity index (χ0n) is 20.4. The molecular weight excluding hydrogens is 516 g/mol. The number of carbonyl (C=O) groups excluding carboxylic acids is 2. The van der Waals surface area contributed by atoms with Crippen molar-refractivity contribution in [2.45, 2.75) is 4.90 Å². The lowest BCUT2D eigenvalue weighted by Gasteiger charge is -2.15. The Morgan fingerprint density at radius 2 is 1.49 bits per heavy atom. The third-order valence-corrected chi connectivity index (χ3v) is 8.40. The predicted molar refractivity (Wildman–Crippen MR) is 147 cm³/mol. The van der Waals surface area contributed by atoms with Gasteiger partial charge in [0.2, 0.25) is 0 Å². The van der Waals surface area contributed by atoms with Gasteiger partial charge < -0.3 is 4.98 Å². The summed E-state index contributed by atoms with van der Waals surface area (Å²) < 4.78 is 29.2. The fraction of sp³-hybridized carbons (Fsp3) is 0.0714. The Morgan fingerprint density at radius 1 is 0.821 bits per heavy atom. The Morgan fingerprint density at radius 3 is 2.23 bits per heavy atom. The van der Waals surface area contributed by atoms with Gasteiger partial charge in [0.15, 0.2) is 0 Å². The minimum atomic E-state index is -4.18.